The predicted molar refractivity (Wildman–Crippen MR) is 119 cm³/mol. The van der Waals surface area contributed by atoms with E-state index in [1.54, 1.807) is 7.11 Å². The lowest BCUT2D eigenvalue weighted by atomic mass is 10.0. The summed E-state index contributed by atoms with van der Waals surface area (Å²) in [6, 6.07) is 6.20. The van der Waals surface area contributed by atoms with E-state index >= 15 is 0 Å². The number of methoxy groups -OCH3 is 1. The minimum Gasteiger partial charge on any atom is -0.480 e. The number of rotatable bonds is 4. The van der Waals surface area contributed by atoms with Crippen LogP contribution in [0.5, 0.6) is 5.88 Å². The van der Waals surface area contributed by atoms with E-state index in [2.05, 4.69) is 43.3 Å². The SMILES string of the molecule is CC.CCn1cc(Cl)c2nc(-c3ccc(C(C)C)nc3OC)c(C)cc21.CO. The fraction of sp³-hybridized carbons (Fsp3) is 0.455. The molecule has 0 atom stereocenters. The number of aryl methyl sites for hydroxylation is 2. The molecule has 0 unspecified atom stereocenters. The van der Waals surface area contributed by atoms with E-state index in [4.69, 9.17) is 26.4 Å². The summed E-state index contributed by atoms with van der Waals surface area (Å²) in [6.07, 6.45) is 1.93. The second-order valence-electron chi connectivity index (χ2n) is 6.23. The number of hydrogen-bond acceptors (Lipinski definition) is 4. The van der Waals surface area contributed by atoms with Crippen LogP contribution in [-0.2, 0) is 6.54 Å². The maximum absolute atomic E-state index is 7.00. The molecule has 5 nitrogen and oxygen atoms in total. The highest BCUT2D eigenvalue weighted by Crippen LogP contribution is 2.34. The quantitative estimate of drug-likeness (QED) is 0.591. The van der Waals surface area contributed by atoms with Gasteiger partial charge in [0, 0.05) is 25.5 Å². The van der Waals surface area contributed by atoms with E-state index in [0.29, 0.717) is 16.8 Å². The van der Waals surface area contributed by atoms with Gasteiger partial charge in [-0.15, -0.1) is 0 Å². The average molecular weight is 406 g/mol. The molecule has 0 saturated heterocycles. The Morgan fingerprint density at radius 1 is 1.18 bits per heavy atom. The highest BCUT2D eigenvalue weighted by atomic mass is 35.5. The second-order valence-corrected chi connectivity index (χ2v) is 6.64. The Labute approximate surface area is 173 Å². The van der Waals surface area contributed by atoms with Crippen LogP contribution in [0.2, 0.25) is 5.02 Å². The first-order chi connectivity index (χ1) is 13.5. The fourth-order valence-corrected chi connectivity index (χ4v) is 3.16. The van der Waals surface area contributed by atoms with Gasteiger partial charge in [0.1, 0.15) is 5.52 Å². The van der Waals surface area contributed by atoms with E-state index in [1.807, 2.05) is 32.2 Å². The predicted octanol–water partition coefficient (Wildman–Crippen LogP) is 5.85. The first kappa shape index (κ1) is 23.9. The third-order valence-corrected chi connectivity index (χ3v) is 4.54. The van der Waals surface area contributed by atoms with Crippen molar-refractivity contribution in [1.29, 1.82) is 0 Å². The molecule has 0 radical (unpaired) electrons. The summed E-state index contributed by atoms with van der Waals surface area (Å²) in [5, 5.41) is 7.67. The standard InChI is InChI=1S/C19H22ClN3O.C2H6.CH4O/c1-6-23-10-14(20)18-16(23)9-12(4)17(22-18)13-7-8-15(11(2)3)21-19(13)24-5;2*1-2/h7-11H,6H2,1-5H3;1-2H3;2H,1H3. The minimum atomic E-state index is 0.345. The number of hydrogen-bond donors (Lipinski definition) is 1. The van der Waals surface area contributed by atoms with Gasteiger partial charge in [0.25, 0.3) is 0 Å². The van der Waals surface area contributed by atoms with Crippen LogP contribution in [0.15, 0.2) is 24.4 Å². The molecular weight excluding hydrogens is 374 g/mol. The van der Waals surface area contributed by atoms with Gasteiger partial charge < -0.3 is 14.4 Å². The third kappa shape index (κ3) is 4.83. The van der Waals surface area contributed by atoms with Crippen molar-refractivity contribution in [3.05, 3.63) is 40.7 Å². The van der Waals surface area contributed by atoms with Gasteiger partial charge in [0.05, 0.1) is 28.9 Å². The number of aliphatic hydroxyl groups is 1. The lowest BCUT2D eigenvalue weighted by molar-refractivity contribution is 0.397. The molecular formula is C22H32ClN3O2. The molecule has 0 aromatic carbocycles. The number of halogens is 1. The van der Waals surface area contributed by atoms with Crippen molar-refractivity contribution in [2.45, 2.75) is 54.0 Å². The molecule has 1 N–H and O–H groups in total. The van der Waals surface area contributed by atoms with Gasteiger partial charge in [-0.05, 0) is 43.5 Å². The molecule has 0 aliphatic heterocycles. The third-order valence-electron chi connectivity index (χ3n) is 4.26. The van der Waals surface area contributed by atoms with Crippen LogP contribution in [0.25, 0.3) is 22.3 Å². The van der Waals surface area contributed by atoms with Crippen LogP contribution >= 0.6 is 11.6 Å². The fourth-order valence-electron chi connectivity index (χ4n) is 2.91. The van der Waals surface area contributed by atoms with Crippen molar-refractivity contribution in [3.63, 3.8) is 0 Å². The van der Waals surface area contributed by atoms with Crippen molar-refractivity contribution in [2.24, 2.45) is 0 Å². The molecule has 0 spiro atoms. The molecule has 3 aromatic rings. The van der Waals surface area contributed by atoms with Gasteiger partial charge in [-0.1, -0.05) is 39.3 Å². The second kappa shape index (κ2) is 11.0. The maximum atomic E-state index is 7.00. The molecule has 0 aliphatic carbocycles. The molecule has 0 aliphatic rings. The van der Waals surface area contributed by atoms with Crippen molar-refractivity contribution < 1.29 is 9.84 Å². The lowest BCUT2D eigenvalue weighted by Crippen LogP contribution is -2.00. The number of aromatic nitrogens is 3. The molecule has 0 saturated carbocycles. The minimum absolute atomic E-state index is 0.345. The smallest absolute Gasteiger partial charge is 0.222 e. The van der Waals surface area contributed by atoms with E-state index in [1.165, 1.54) is 0 Å². The van der Waals surface area contributed by atoms with Crippen LogP contribution < -0.4 is 4.74 Å². The van der Waals surface area contributed by atoms with Crippen LogP contribution in [-0.4, -0.2) is 33.9 Å². The van der Waals surface area contributed by atoms with Gasteiger partial charge in [0.15, 0.2) is 0 Å². The lowest BCUT2D eigenvalue weighted by Gasteiger charge is -2.13. The van der Waals surface area contributed by atoms with E-state index in [0.717, 1.165) is 47.2 Å². The average Bonchev–Trinajstić information content (AvgIpc) is 3.04. The summed E-state index contributed by atoms with van der Waals surface area (Å²) in [7, 11) is 2.64. The first-order valence-corrected chi connectivity index (χ1v) is 10.00. The Bertz CT molecular complexity index is 904. The summed E-state index contributed by atoms with van der Waals surface area (Å²) >= 11 is 6.38. The summed E-state index contributed by atoms with van der Waals surface area (Å²) in [4.78, 5) is 9.46. The van der Waals surface area contributed by atoms with Gasteiger partial charge in [-0.3, -0.25) is 0 Å². The number of nitrogens with zero attached hydrogens (tertiary/aromatic N) is 3. The van der Waals surface area contributed by atoms with E-state index in [-0.39, 0.29) is 0 Å². The zero-order chi connectivity index (χ0) is 21.4. The largest absolute Gasteiger partial charge is 0.480 e. The van der Waals surface area contributed by atoms with Crippen LogP contribution in [0.3, 0.4) is 0 Å². The molecule has 28 heavy (non-hydrogen) atoms. The number of pyridine rings is 2. The molecule has 0 bridgehead atoms. The molecule has 0 amide bonds. The number of ether oxygens (including phenoxy) is 1. The monoisotopic (exact) mass is 405 g/mol. The topological polar surface area (TPSA) is 60.2 Å². The number of fused-ring (bicyclic) bond motifs is 1. The summed E-state index contributed by atoms with van der Waals surface area (Å²) in [5.74, 6) is 0.944. The molecule has 6 heteroatoms. The molecule has 3 heterocycles. The Balaban J connectivity index is 0.000000921. The van der Waals surface area contributed by atoms with Crippen LogP contribution in [0.4, 0.5) is 0 Å². The van der Waals surface area contributed by atoms with Gasteiger partial charge in [0.2, 0.25) is 5.88 Å². The summed E-state index contributed by atoms with van der Waals surface area (Å²) in [5.41, 5.74) is 5.69. The Kier molecular flexibility index (Phi) is 9.42. The van der Waals surface area contributed by atoms with E-state index < -0.39 is 0 Å². The first-order valence-electron chi connectivity index (χ1n) is 9.62. The Morgan fingerprint density at radius 2 is 1.82 bits per heavy atom. The van der Waals surface area contributed by atoms with Gasteiger partial charge in [-0.25, -0.2) is 9.97 Å². The zero-order valence-corrected chi connectivity index (χ0v) is 18.9. The van der Waals surface area contributed by atoms with Crippen molar-refractivity contribution >= 4 is 22.6 Å². The molecule has 0 fully saturated rings. The summed E-state index contributed by atoms with van der Waals surface area (Å²) < 4.78 is 7.63. The van der Waals surface area contributed by atoms with Crippen LogP contribution in [0.1, 0.15) is 51.8 Å². The number of aliphatic hydroxyl groups excluding tert-OH is 1. The maximum Gasteiger partial charge on any atom is 0.222 e. The van der Waals surface area contributed by atoms with Crippen molar-refractivity contribution in [3.8, 4) is 17.1 Å². The van der Waals surface area contributed by atoms with E-state index in [9.17, 15) is 0 Å². The Morgan fingerprint density at radius 3 is 2.36 bits per heavy atom. The molecule has 3 aromatic heterocycles. The highest BCUT2D eigenvalue weighted by Gasteiger charge is 2.17. The summed E-state index contributed by atoms with van der Waals surface area (Å²) in [6.45, 7) is 13.2. The Hall–Kier alpha value is -2.11. The van der Waals surface area contributed by atoms with Crippen molar-refractivity contribution in [1.82, 2.24) is 14.5 Å². The normalized spacial score (nSPS) is 10.2. The highest BCUT2D eigenvalue weighted by molar-refractivity contribution is 6.35. The van der Waals surface area contributed by atoms with Gasteiger partial charge in [-0.2, -0.15) is 0 Å². The van der Waals surface area contributed by atoms with Crippen molar-refractivity contribution in [2.75, 3.05) is 14.2 Å². The van der Waals surface area contributed by atoms with Gasteiger partial charge >= 0.3 is 0 Å². The van der Waals surface area contributed by atoms with Crippen LogP contribution in [0, 0.1) is 6.92 Å². The zero-order valence-electron chi connectivity index (χ0n) is 18.2. The molecule has 154 valence electrons. The molecule has 3 rings (SSSR count).